The summed E-state index contributed by atoms with van der Waals surface area (Å²) >= 11 is 9.29. The Bertz CT molecular complexity index is 558. The Kier molecular flexibility index (Phi) is 3.78. The number of nitrogens with one attached hydrogen (secondary N) is 1. The van der Waals surface area contributed by atoms with Crippen molar-refractivity contribution in [3.63, 3.8) is 0 Å². The van der Waals surface area contributed by atoms with Crippen LogP contribution in [0.2, 0.25) is 5.02 Å². The van der Waals surface area contributed by atoms with Crippen molar-refractivity contribution in [3.8, 4) is 0 Å². The summed E-state index contributed by atoms with van der Waals surface area (Å²) in [6.07, 6.45) is 0. The first-order chi connectivity index (χ1) is 8.49. The number of hydrogen-bond acceptors (Lipinski definition) is 2. The number of halogens is 3. The molecule has 5 heteroatoms. The molecule has 0 saturated carbocycles. The molecule has 2 nitrogen and oxygen atoms in total. The van der Waals surface area contributed by atoms with E-state index in [4.69, 9.17) is 17.3 Å². The fourth-order valence-corrected chi connectivity index (χ4v) is 2.55. The molecule has 94 valence electrons. The molecule has 18 heavy (non-hydrogen) atoms. The highest BCUT2D eigenvalue weighted by Crippen LogP contribution is 2.36. The van der Waals surface area contributed by atoms with Crippen molar-refractivity contribution in [1.82, 2.24) is 0 Å². The number of hydrogen-bond donors (Lipinski definition) is 2. The van der Waals surface area contributed by atoms with Crippen LogP contribution in [-0.2, 0) is 0 Å². The minimum Gasteiger partial charge on any atom is -0.397 e. The number of rotatable bonds is 2. The third-order valence-corrected chi connectivity index (χ3v) is 3.49. The quantitative estimate of drug-likeness (QED) is 0.771. The molecule has 0 atom stereocenters. The lowest BCUT2D eigenvalue weighted by Crippen LogP contribution is -2.00. The lowest BCUT2D eigenvalue weighted by atomic mass is 10.1. The van der Waals surface area contributed by atoms with Gasteiger partial charge in [0.15, 0.2) is 0 Å². The Morgan fingerprint density at radius 3 is 2.61 bits per heavy atom. The highest BCUT2D eigenvalue weighted by Gasteiger charge is 2.11. The van der Waals surface area contributed by atoms with Crippen LogP contribution in [0.3, 0.4) is 0 Å². The third-order valence-electron chi connectivity index (χ3n) is 2.56. The number of nitrogens with two attached hydrogens (primary N) is 1. The highest BCUT2D eigenvalue weighted by molar-refractivity contribution is 9.10. The van der Waals surface area contributed by atoms with Gasteiger partial charge in [0.25, 0.3) is 0 Å². The SMILES string of the molecule is Cc1cccc(N)c1Nc1c(Cl)cc(F)cc1Br. The fraction of sp³-hybridized carbons (Fsp3) is 0.0769. The molecule has 0 aliphatic rings. The predicted octanol–water partition coefficient (Wildman–Crippen LogP) is 4.88. The van der Waals surface area contributed by atoms with E-state index in [0.29, 0.717) is 20.9 Å². The third kappa shape index (κ3) is 2.60. The van der Waals surface area contributed by atoms with E-state index in [1.165, 1.54) is 12.1 Å². The van der Waals surface area contributed by atoms with Gasteiger partial charge in [0.1, 0.15) is 5.82 Å². The Balaban J connectivity index is 2.47. The number of nitrogen functional groups attached to an aromatic ring is 1. The predicted molar refractivity (Wildman–Crippen MR) is 78.0 cm³/mol. The van der Waals surface area contributed by atoms with Crippen LogP contribution < -0.4 is 11.1 Å². The Labute approximate surface area is 118 Å². The Hall–Kier alpha value is -1.26. The summed E-state index contributed by atoms with van der Waals surface area (Å²) in [5.41, 5.74) is 8.87. The van der Waals surface area contributed by atoms with Gasteiger partial charge in [-0.2, -0.15) is 0 Å². The molecule has 0 unspecified atom stereocenters. The summed E-state index contributed by atoms with van der Waals surface area (Å²) in [5.74, 6) is -0.393. The van der Waals surface area contributed by atoms with Crippen molar-refractivity contribution in [2.45, 2.75) is 6.92 Å². The van der Waals surface area contributed by atoms with Crippen LogP contribution in [0.25, 0.3) is 0 Å². The molecule has 0 aliphatic carbocycles. The van der Waals surface area contributed by atoms with Gasteiger partial charge in [0.05, 0.1) is 22.1 Å². The zero-order valence-corrected chi connectivity index (χ0v) is 11.9. The molecular formula is C13H11BrClFN2. The Morgan fingerprint density at radius 1 is 1.28 bits per heavy atom. The second-order valence-electron chi connectivity index (χ2n) is 3.91. The second-order valence-corrected chi connectivity index (χ2v) is 5.17. The van der Waals surface area contributed by atoms with E-state index >= 15 is 0 Å². The number of para-hydroxylation sites is 1. The summed E-state index contributed by atoms with van der Waals surface area (Å²) in [5, 5.41) is 3.43. The molecule has 2 aromatic rings. The van der Waals surface area contributed by atoms with Crippen molar-refractivity contribution in [3.05, 3.63) is 51.2 Å². The smallest absolute Gasteiger partial charge is 0.125 e. The molecule has 0 aliphatic heterocycles. The van der Waals surface area contributed by atoms with Crippen molar-refractivity contribution in [1.29, 1.82) is 0 Å². The van der Waals surface area contributed by atoms with Gasteiger partial charge >= 0.3 is 0 Å². The summed E-state index contributed by atoms with van der Waals surface area (Å²) in [6.45, 7) is 1.93. The first-order valence-electron chi connectivity index (χ1n) is 5.25. The van der Waals surface area contributed by atoms with Gasteiger partial charge in [0.2, 0.25) is 0 Å². The molecule has 2 aromatic carbocycles. The van der Waals surface area contributed by atoms with E-state index in [2.05, 4.69) is 21.2 Å². The van der Waals surface area contributed by atoms with E-state index in [0.717, 1.165) is 11.3 Å². The second kappa shape index (κ2) is 5.16. The van der Waals surface area contributed by atoms with Crippen molar-refractivity contribution < 1.29 is 4.39 Å². The van der Waals surface area contributed by atoms with Gasteiger partial charge in [-0.05, 0) is 46.6 Å². The molecule has 0 fully saturated rings. The van der Waals surface area contributed by atoms with Gasteiger partial charge in [-0.3, -0.25) is 0 Å². The molecule has 0 aromatic heterocycles. The van der Waals surface area contributed by atoms with Gasteiger partial charge in [-0.25, -0.2) is 4.39 Å². The van der Waals surface area contributed by atoms with Crippen LogP contribution in [0.4, 0.5) is 21.5 Å². The molecule has 0 bridgehead atoms. The zero-order valence-electron chi connectivity index (χ0n) is 9.60. The lowest BCUT2D eigenvalue weighted by molar-refractivity contribution is 0.627. The van der Waals surface area contributed by atoms with Gasteiger partial charge in [-0.1, -0.05) is 23.7 Å². The first kappa shape index (κ1) is 13.2. The van der Waals surface area contributed by atoms with Crippen LogP contribution in [0.5, 0.6) is 0 Å². The van der Waals surface area contributed by atoms with E-state index in [-0.39, 0.29) is 0 Å². The maximum atomic E-state index is 13.1. The molecule has 3 N–H and O–H groups in total. The maximum Gasteiger partial charge on any atom is 0.125 e. The molecule has 0 heterocycles. The maximum absolute atomic E-state index is 13.1. The Morgan fingerprint density at radius 2 is 2.00 bits per heavy atom. The topological polar surface area (TPSA) is 38.0 Å². The normalized spacial score (nSPS) is 10.4. The van der Waals surface area contributed by atoms with Gasteiger partial charge in [0, 0.05) is 4.47 Å². The lowest BCUT2D eigenvalue weighted by Gasteiger charge is -2.15. The summed E-state index contributed by atoms with van der Waals surface area (Å²) in [6, 6.07) is 8.20. The summed E-state index contributed by atoms with van der Waals surface area (Å²) in [7, 11) is 0. The van der Waals surface area contributed by atoms with Crippen LogP contribution in [0, 0.1) is 12.7 Å². The molecule has 2 rings (SSSR count). The summed E-state index contributed by atoms with van der Waals surface area (Å²) in [4.78, 5) is 0. The minimum absolute atomic E-state index is 0.296. The van der Waals surface area contributed by atoms with E-state index < -0.39 is 5.82 Å². The number of benzene rings is 2. The first-order valence-corrected chi connectivity index (χ1v) is 6.43. The van der Waals surface area contributed by atoms with Crippen molar-refractivity contribution >= 4 is 44.6 Å². The van der Waals surface area contributed by atoms with Gasteiger partial charge in [-0.15, -0.1) is 0 Å². The van der Waals surface area contributed by atoms with Crippen molar-refractivity contribution in [2.24, 2.45) is 0 Å². The number of aryl methyl sites for hydroxylation is 1. The van der Waals surface area contributed by atoms with Crippen LogP contribution >= 0.6 is 27.5 Å². The largest absolute Gasteiger partial charge is 0.397 e. The number of anilines is 3. The minimum atomic E-state index is -0.393. The molecule has 0 saturated heterocycles. The fourth-order valence-electron chi connectivity index (χ4n) is 1.65. The van der Waals surface area contributed by atoms with Crippen LogP contribution in [0.1, 0.15) is 5.56 Å². The summed E-state index contributed by atoms with van der Waals surface area (Å²) < 4.78 is 13.7. The zero-order chi connectivity index (χ0) is 13.3. The monoisotopic (exact) mass is 328 g/mol. The highest BCUT2D eigenvalue weighted by atomic mass is 79.9. The van der Waals surface area contributed by atoms with E-state index in [9.17, 15) is 4.39 Å². The molecule has 0 radical (unpaired) electrons. The van der Waals surface area contributed by atoms with E-state index in [1.54, 1.807) is 6.07 Å². The average molecular weight is 330 g/mol. The molecule has 0 amide bonds. The van der Waals surface area contributed by atoms with Gasteiger partial charge < -0.3 is 11.1 Å². The van der Waals surface area contributed by atoms with Crippen LogP contribution in [-0.4, -0.2) is 0 Å². The standard InChI is InChI=1S/C13H11BrClFN2/c1-7-3-2-4-11(17)12(7)18-13-9(14)5-8(16)6-10(13)15/h2-6,18H,17H2,1H3. The van der Waals surface area contributed by atoms with E-state index in [1.807, 2.05) is 19.1 Å². The molecular weight excluding hydrogens is 319 g/mol. The molecule has 0 spiro atoms. The average Bonchev–Trinajstić information content (AvgIpc) is 2.26. The van der Waals surface area contributed by atoms with Crippen LogP contribution in [0.15, 0.2) is 34.8 Å². The van der Waals surface area contributed by atoms with Crippen molar-refractivity contribution in [2.75, 3.05) is 11.1 Å².